The van der Waals surface area contributed by atoms with Crippen LogP contribution in [-0.2, 0) is 0 Å². The molecule has 1 heterocycles. The number of rotatable bonds is 3. The van der Waals surface area contributed by atoms with Crippen LogP contribution < -0.4 is 0 Å². The lowest BCUT2D eigenvalue weighted by Gasteiger charge is -2.18. The number of aromatic nitrogens is 1. The molecule has 0 radical (unpaired) electrons. The van der Waals surface area contributed by atoms with Gasteiger partial charge in [0, 0.05) is 22.8 Å². The first-order chi connectivity index (χ1) is 14.4. The van der Waals surface area contributed by atoms with Crippen LogP contribution in [0.15, 0.2) is 12.3 Å². The Balaban J connectivity index is 2.54. The van der Waals surface area contributed by atoms with Gasteiger partial charge in [0.15, 0.2) is 0 Å². The molecule has 0 bridgehead atoms. The average Bonchev–Trinajstić information content (AvgIpc) is 2.74. The molecule has 162 valence electrons. The van der Waals surface area contributed by atoms with Crippen molar-refractivity contribution in [3.8, 4) is 22.4 Å². The third-order valence-corrected chi connectivity index (χ3v) is 8.56. The van der Waals surface area contributed by atoms with Gasteiger partial charge in [-0.15, -0.1) is 0 Å². The van der Waals surface area contributed by atoms with Gasteiger partial charge < -0.3 is 0 Å². The van der Waals surface area contributed by atoms with Crippen molar-refractivity contribution in [2.45, 2.75) is 0 Å². The summed E-state index contributed by atoms with van der Waals surface area (Å²) < 4.78 is 0. The summed E-state index contributed by atoms with van der Waals surface area (Å²) in [7, 11) is 0. The lowest BCUT2D eigenvalue weighted by atomic mass is 9.98. The molecule has 0 atom stereocenters. The normalized spacial score (nSPS) is 11.2. The predicted octanol–water partition coefficient (Wildman–Crippen LogP) is 10.9. The van der Waals surface area contributed by atoms with E-state index in [0.29, 0.717) is 0 Å². The van der Waals surface area contributed by atoms with Crippen molar-refractivity contribution in [2.24, 2.45) is 0 Å². The molecule has 0 N–H and O–H groups in total. The fourth-order valence-electron chi connectivity index (χ4n) is 2.60. The molecule has 3 aromatic rings. The van der Waals surface area contributed by atoms with Gasteiger partial charge >= 0.3 is 0 Å². The van der Waals surface area contributed by atoms with Gasteiger partial charge in [-0.1, -0.05) is 116 Å². The summed E-state index contributed by atoms with van der Waals surface area (Å²) in [5.41, 5.74) is -0.348. The minimum atomic E-state index is -0.674. The van der Waals surface area contributed by atoms with Crippen molar-refractivity contribution in [3.63, 3.8) is 0 Å². The van der Waals surface area contributed by atoms with Crippen molar-refractivity contribution in [2.75, 3.05) is 0 Å². The van der Waals surface area contributed by atoms with Crippen LogP contribution in [0.3, 0.4) is 0 Å². The lowest BCUT2D eigenvalue weighted by molar-refractivity contribution is -0.385. The summed E-state index contributed by atoms with van der Waals surface area (Å²) >= 11 is 62.3. The summed E-state index contributed by atoms with van der Waals surface area (Å²) in [5.74, 6) is 0. The third-order valence-electron chi connectivity index (χ3n) is 4.01. The zero-order chi connectivity index (χ0) is 23.4. The van der Waals surface area contributed by atoms with Gasteiger partial charge in [0.05, 0.1) is 60.8 Å². The molecule has 4 nitrogen and oxygen atoms in total. The molecule has 3 rings (SSSR count). The Bertz CT molecular complexity index is 1220. The van der Waals surface area contributed by atoms with Crippen LogP contribution in [0.25, 0.3) is 22.4 Å². The Morgan fingerprint density at radius 1 is 0.613 bits per heavy atom. The highest BCUT2D eigenvalue weighted by atomic mass is 35.5. The number of hydrogen-bond acceptors (Lipinski definition) is 3. The first-order valence-corrected chi connectivity index (χ1v) is 11.4. The largest absolute Gasteiger partial charge is 0.288 e. The minimum absolute atomic E-state index is 0.000627. The van der Waals surface area contributed by atoms with Gasteiger partial charge in [0.1, 0.15) is 6.20 Å². The maximum absolute atomic E-state index is 11.4. The van der Waals surface area contributed by atoms with E-state index in [4.69, 9.17) is 116 Å². The van der Waals surface area contributed by atoms with Crippen LogP contribution in [-0.4, -0.2) is 9.91 Å². The molecule has 0 unspecified atom stereocenters. The maximum Gasteiger partial charge on any atom is 0.288 e. The predicted molar refractivity (Wildman–Crippen MR) is 132 cm³/mol. The molecule has 0 aliphatic heterocycles. The molecule has 0 amide bonds. The quantitative estimate of drug-likeness (QED) is 0.127. The van der Waals surface area contributed by atoms with E-state index in [1.54, 1.807) is 0 Å². The topological polar surface area (TPSA) is 56.0 Å². The third kappa shape index (κ3) is 4.38. The van der Waals surface area contributed by atoms with Gasteiger partial charge in [-0.05, 0) is 0 Å². The molecule has 0 aliphatic carbocycles. The van der Waals surface area contributed by atoms with Crippen LogP contribution in [0, 0.1) is 10.1 Å². The Hall–Kier alpha value is -0.110. The average molecular weight is 621 g/mol. The minimum Gasteiger partial charge on any atom is -0.258 e. The summed E-state index contributed by atoms with van der Waals surface area (Å²) in [4.78, 5) is 14.9. The molecule has 0 spiro atoms. The van der Waals surface area contributed by atoms with E-state index in [-0.39, 0.29) is 72.6 Å². The van der Waals surface area contributed by atoms with Crippen molar-refractivity contribution >= 4 is 122 Å². The number of nitro groups is 1. The molecule has 1 aromatic heterocycles. The molecule has 0 saturated heterocycles. The number of hydrogen-bond donors (Lipinski definition) is 0. The SMILES string of the molecule is O=[N+]([O-])c1cnc(-c2c(Cl)c(Cl)c(Cl)c(Cl)c2Cl)c(-c2c(Cl)c(Cl)c(Cl)c(Cl)c2Cl)c1. The molecule has 0 saturated carbocycles. The first-order valence-electron chi connectivity index (χ1n) is 7.58. The number of pyridine rings is 1. The molecule has 0 fully saturated rings. The van der Waals surface area contributed by atoms with Crippen LogP contribution in [0.5, 0.6) is 0 Å². The zero-order valence-corrected chi connectivity index (χ0v) is 21.7. The highest BCUT2D eigenvalue weighted by Crippen LogP contribution is 2.53. The Morgan fingerprint density at radius 2 is 0.968 bits per heavy atom. The van der Waals surface area contributed by atoms with Gasteiger partial charge in [0.25, 0.3) is 5.69 Å². The van der Waals surface area contributed by atoms with E-state index < -0.39 is 10.6 Å². The Labute approximate surface area is 224 Å². The van der Waals surface area contributed by atoms with Crippen LogP contribution in [0.2, 0.25) is 50.2 Å². The Kier molecular flexibility index (Phi) is 7.93. The van der Waals surface area contributed by atoms with Crippen molar-refractivity contribution in [1.29, 1.82) is 0 Å². The number of nitrogens with zero attached hydrogens (tertiary/aromatic N) is 2. The van der Waals surface area contributed by atoms with E-state index in [2.05, 4.69) is 4.98 Å². The first kappa shape index (κ1) is 25.5. The van der Waals surface area contributed by atoms with E-state index in [1.807, 2.05) is 0 Å². The van der Waals surface area contributed by atoms with E-state index >= 15 is 0 Å². The zero-order valence-electron chi connectivity index (χ0n) is 14.1. The highest BCUT2D eigenvalue weighted by molar-refractivity contribution is 6.58. The highest BCUT2D eigenvalue weighted by Gasteiger charge is 2.29. The molecular formula is C17H2Cl10N2O2. The van der Waals surface area contributed by atoms with Gasteiger partial charge in [-0.3, -0.25) is 10.1 Å². The second-order valence-corrected chi connectivity index (χ2v) is 9.52. The van der Waals surface area contributed by atoms with Gasteiger partial charge in [0.2, 0.25) is 0 Å². The van der Waals surface area contributed by atoms with Crippen LogP contribution in [0.4, 0.5) is 5.69 Å². The Morgan fingerprint density at radius 3 is 1.35 bits per heavy atom. The second-order valence-electron chi connectivity index (χ2n) is 5.74. The molecular weight excluding hydrogens is 619 g/mol. The summed E-state index contributed by atoms with van der Waals surface area (Å²) in [6.07, 6.45) is 0.975. The number of benzene rings is 2. The summed E-state index contributed by atoms with van der Waals surface area (Å²) in [6.45, 7) is 0. The van der Waals surface area contributed by atoms with Gasteiger partial charge in [-0.2, -0.15) is 0 Å². The van der Waals surface area contributed by atoms with Crippen molar-refractivity contribution in [3.05, 3.63) is 72.6 Å². The fraction of sp³-hybridized carbons (Fsp3) is 0. The molecule has 31 heavy (non-hydrogen) atoms. The second kappa shape index (κ2) is 9.63. The number of halogens is 10. The fourth-order valence-corrected chi connectivity index (χ4v) is 5.26. The standard InChI is InChI=1S/C17H2Cl10N2O2/c18-7-5(8(19)12(23)15(26)11(7)22)4-1-3(29(30)31)2-28-17(4)6-9(20)13(24)16(27)14(25)10(6)21/h1-2H. The molecule has 2 aromatic carbocycles. The molecule has 0 aliphatic rings. The van der Waals surface area contributed by atoms with Crippen LogP contribution >= 0.6 is 116 Å². The maximum atomic E-state index is 11.4. The van der Waals surface area contributed by atoms with E-state index in [0.717, 1.165) is 12.3 Å². The van der Waals surface area contributed by atoms with Crippen molar-refractivity contribution in [1.82, 2.24) is 4.98 Å². The van der Waals surface area contributed by atoms with Gasteiger partial charge in [-0.25, -0.2) is 4.98 Å². The smallest absolute Gasteiger partial charge is 0.258 e. The van der Waals surface area contributed by atoms with E-state index in [9.17, 15) is 10.1 Å². The summed E-state index contributed by atoms with van der Waals surface area (Å²) in [6, 6.07) is 1.14. The van der Waals surface area contributed by atoms with Crippen LogP contribution in [0.1, 0.15) is 0 Å². The van der Waals surface area contributed by atoms with Crippen molar-refractivity contribution < 1.29 is 4.92 Å². The van der Waals surface area contributed by atoms with E-state index in [1.165, 1.54) is 0 Å². The monoisotopic (exact) mass is 616 g/mol. The summed E-state index contributed by atoms with van der Waals surface area (Å²) in [5, 5.41) is 10.2. The lowest BCUT2D eigenvalue weighted by Crippen LogP contribution is -1.98. The molecule has 14 heteroatoms.